The third-order valence-corrected chi connectivity index (χ3v) is 2.99. The van der Waals surface area contributed by atoms with E-state index in [9.17, 15) is 9.18 Å². The highest BCUT2D eigenvalue weighted by molar-refractivity contribution is 5.78. The van der Waals surface area contributed by atoms with Crippen LogP contribution in [-0.2, 0) is 11.3 Å². The first-order chi connectivity index (χ1) is 8.54. The molecular weight excluding hydrogens is 231 g/mol. The lowest BCUT2D eigenvalue weighted by Crippen LogP contribution is -2.29. The van der Waals surface area contributed by atoms with Gasteiger partial charge in [0.05, 0.1) is 0 Å². The summed E-state index contributed by atoms with van der Waals surface area (Å²) in [6, 6.07) is 5.00. The highest BCUT2D eigenvalue weighted by atomic mass is 19.1. The van der Waals surface area contributed by atoms with E-state index >= 15 is 0 Å². The predicted molar refractivity (Wildman–Crippen MR) is 70.4 cm³/mol. The maximum Gasteiger partial charge on any atom is 0.223 e. The highest BCUT2D eigenvalue weighted by Crippen LogP contribution is 2.10. The van der Waals surface area contributed by atoms with Crippen LogP contribution in [0.25, 0.3) is 0 Å². The number of carbonyl (C=O) groups excluding carboxylic acids is 1. The first-order valence-electron chi connectivity index (χ1n) is 6.27. The number of nitrogens with two attached hydrogens (primary N) is 1. The molecule has 0 radical (unpaired) electrons. The van der Waals surface area contributed by atoms with Crippen molar-refractivity contribution < 1.29 is 9.18 Å². The summed E-state index contributed by atoms with van der Waals surface area (Å²) < 4.78 is 13.3. The fourth-order valence-corrected chi connectivity index (χ4v) is 1.66. The molecule has 1 aromatic rings. The molecule has 0 bridgehead atoms. The Balaban J connectivity index is 2.44. The lowest BCUT2D eigenvalue weighted by molar-refractivity contribution is -0.124. The second-order valence-electron chi connectivity index (χ2n) is 4.63. The van der Waals surface area contributed by atoms with Crippen LogP contribution in [0, 0.1) is 18.7 Å². The van der Waals surface area contributed by atoms with Gasteiger partial charge in [0.2, 0.25) is 5.91 Å². The summed E-state index contributed by atoms with van der Waals surface area (Å²) in [5, 5.41) is 2.81. The largest absolute Gasteiger partial charge is 0.352 e. The maximum absolute atomic E-state index is 13.3. The van der Waals surface area contributed by atoms with E-state index in [1.807, 2.05) is 13.0 Å². The van der Waals surface area contributed by atoms with E-state index < -0.39 is 0 Å². The SMILES string of the molecule is Cc1ccc(CNC(=O)C(C)CCCN)cc1F. The van der Waals surface area contributed by atoms with Gasteiger partial charge in [-0.05, 0) is 43.5 Å². The van der Waals surface area contributed by atoms with Crippen molar-refractivity contribution in [3.05, 3.63) is 35.1 Å². The molecule has 0 aliphatic rings. The number of benzene rings is 1. The molecule has 0 fully saturated rings. The van der Waals surface area contributed by atoms with Gasteiger partial charge in [0.25, 0.3) is 0 Å². The van der Waals surface area contributed by atoms with Gasteiger partial charge in [-0.25, -0.2) is 4.39 Å². The maximum atomic E-state index is 13.3. The van der Waals surface area contributed by atoms with Crippen LogP contribution in [0.15, 0.2) is 18.2 Å². The van der Waals surface area contributed by atoms with Crippen molar-refractivity contribution in [3.8, 4) is 0 Å². The van der Waals surface area contributed by atoms with E-state index in [-0.39, 0.29) is 17.6 Å². The van der Waals surface area contributed by atoms with Crippen LogP contribution in [-0.4, -0.2) is 12.5 Å². The molecule has 1 atom stereocenters. The summed E-state index contributed by atoms with van der Waals surface area (Å²) in [7, 11) is 0. The molecule has 1 unspecified atom stereocenters. The number of hydrogen-bond acceptors (Lipinski definition) is 2. The third-order valence-electron chi connectivity index (χ3n) is 2.99. The molecule has 0 aromatic heterocycles. The van der Waals surface area contributed by atoms with Gasteiger partial charge in [-0.3, -0.25) is 4.79 Å². The zero-order valence-electron chi connectivity index (χ0n) is 11.0. The quantitative estimate of drug-likeness (QED) is 0.815. The van der Waals surface area contributed by atoms with Gasteiger partial charge in [-0.1, -0.05) is 19.1 Å². The van der Waals surface area contributed by atoms with Crippen LogP contribution in [0.3, 0.4) is 0 Å². The predicted octanol–water partition coefficient (Wildman–Crippen LogP) is 2.13. The molecule has 0 heterocycles. The highest BCUT2D eigenvalue weighted by Gasteiger charge is 2.11. The van der Waals surface area contributed by atoms with E-state index in [0.29, 0.717) is 18.7 Å². The van der Waals surface area contributed by atoms with Crippen molar-refractivity contribution in [2.75, 3.05) is 6.54 Å². The molecule has 1 amide bonds. The molecule has 0 aliphatic heterocycles. The molecule has 0 spiro atoms. The second-order valence-corrected chi connectivity index (χ2v) is 4.63. The Morgan fingerprint density at radius 1 is 1.50 bits per heavy atom. The number of carbonyl (C=O) groups is 1. The Labute approximate surface area is 108 Å². The van der Waals surface area contributed by atoms with Crippen molar-refractivity contribution in [2.45, 2.75) is 33.2 Å². The van der Waals surface area contributed by atoms with E-state index in [4.69, 9.17) is 5.73 Å². The van der Waals surface area contributed by atoms with Crippen LogP contribution < -0.4 is 11.1 Å². The van der Waals surface area contributed by atoms with Gasteiger partial charge in [0, 0.05) is 12.5 Å². The Hall–Kier alpha value is -1.42. The average molecular weight is 252 g/mol. The molecule has 3 nitrogen and oxygen atoms in total. The Kier molecular flexibility index (Phi) is 5.78. The summed E-state index contributed by atoms with van der Waals surface area (Å²) >= 11 is 0. The van der Waals surface area contributed by atoms with E-state index in [0.717, 1.165) is 18.4 Å². The lowest BCUT2D eigenvalue weighted by atomic mass is 10.0. The van der Waals surface area contributed by atoms with Gasteiger partial charge in [0.15, 0.2) is 0 Å². The fraction of sp³-hybridized carbons (Fsp3) is 0.500. The van der Waals surface area contributed by atoms with Crippen LogP contribution in [0.4, 0.5) is 4.39 Å². The average Bonchev–Trinajstić information content (AvgIpc) is 2.36. The minimum Gasteiger partial charge on any atom is -0.352 e. The topological polar surface area (TPSA) is 55.1 Å². The van der Waals surface area contributed by atoms with Crippen molar-refractivity contribution in [1.29, 1.82) is 0 Å². The lowest BCUT2D eigenvalue weighted by Gasteiger charge is -2.12. The normalized spacial score (nSPS) is 12.2. The molecule has 0 saturated heterocycles. The van der Waals surface area contributed by atoms with Crippen LogP contribution in [0.2, 0.25) is 0 Å². The molecule has 0 aliphatic carbocycles. The number of rotatable bonds is 6. The molecule has 18 heavy (non-hydrogen) atoms. The molecule has 1 rings (SSSR count). The standard InChI is InChI=1S/C14H21FN2O/c1-10-5-6-12(8-13(10)15)9-17-14(18)11(2)4-3-7-16/h5-6,8,11H,3-4,7,9,16H2,1-2H3,(H,17,18). The van der Waals surface area contributed by atoms with Gasteiger partial charge >= 0.3 is 0 Å². The second kappa shape index (κ2) is 7.11. The summed E-state index contributed by atoms with van der Waals surface area (Å²) in [5.41, 5.74) is 6.79. The Morgan fingerprint density at radius 2 is 2.22 bits per heavy atom. The monoisotopic (exact) mass is 252 g/mol. The molecule has 0 saturated carbocycles. The van der Waals surface area contributed by atoms with Crippen LogP contribution >= 0.6 is 0 Å². The number of nitrogens with one attached hydrogen (secondary N) is 1. The van der Waals surface area contributed by atoms with Crippen molar-refractivity contribution >= 4 is 5.91 Å². The summed E-state index contributed by atoms with van der Waals surface area (Å²) in [5.74, 6) is -0.300. The first kappa shape index (κ1) is 14.6. The van der Waals surface area contributed by atoms with Gasteiger partial charge in [-0.15, -0.1) is 0 Å². The fourth-order valence-electron chi connectivity index (χ4n) is 1.66. The first-order valence-corrected chi connectivity index (χ1v) is 6.27. The van der Waals surface area contributed by atoms with Gasteiger partial charge in [0.1, 0.15) is 5.82 Å². The summed E-state index contributed by atoms with van der Waals surface area (Å²) in [6.45, 7) is 4.55. The van der Waals surface area contributed by atoms with Crippen molar-refractivity contribution in [3.63, 3.8) is 0 Å². The van der Waals surface area contributed by atoms with Gasteiger partial charge in [-0.2, -0.15) is 0 Å². The van der Waals surface area contributed by atoms with Crippen molar-refractivity contribution in [1.82, 2.24) is 5.32 Å². The van der Waals surface area contributed by atoms with E-state index in [1.54, 1.807) is 13.0 Å². The minimum atomic E-state index is -0.238. The molecule has 3 N–H and O–H groups in total. The van der Waals surface area contributed by atoms with Gasteiger partial charge < -0.3 is 11.1 Å². The molecule has 4 heteroatoms. The van der Waals surface area contributed by atoms with E-state index in [2.05, 4.69) is 5.32 Å². The third kappa shape index (κ3) is 4.45. The molecular formula is C14H21FN2O. The molecule has 100 valence electrons. The number of amides is 1. The summed E-state index contributed by atoms with van der Waals surface area (Å²) in [4.78, 5) is 11.7. The molecule has 1 aromatic carbocycles. The number of aryl methyl sites for hydroxylation is 1. The Morgan fingerprint density at radius 3 is 2.83 bits per heavy atom. The Bertz CT molecular complexity index is 407. The van der Waals surface area contributed by atoms with Crippen molar-refractivity contribution in [2.24, 2.45) is 11.7 Å². The number of halogens is 1. The zero-order valence-corrected chi connectivity index (χ0v) is 11.0. The van der Waals surface area contributed by atoms with Crippen LogP contribution in [0.1, 0.15) is 30.9 Å². The summed E-state index contributed by atoms with van der Waals surface area (Å²) in [6.07, 6.45) is 1.62. The van der Waals surface area contributed by atoms with E-state index in [1.165, 1.54) is 6.07 Å². The van der Waals surface area contributed by atoms with Crippen LogP contribution in [0.5, 0.6) is 0 Å². The number of hydrogen-bond donors (Lipinski definition) is 2. The minimum absolute atomic E-state index is 0.00978. The zero-order chi connectivity index (χ0) is 13.5. The smallest absolute Gasteiger partial charge is 0.223 e.